The molecule has 0 spiro atoms. The Morgan fingerprint density at radius 2 is 2.14 bits per heavy atom. The second kappa shape index (κ2) is 2.97. The third-order valence-corrected chi connectivity index (χ3v) is 2.31. The van der Waals surface area contributed by atoms with Gasteiger partial charge in [0.15, 0.2) is 0 Å². The molecule has 0 aliphatic carbocycles. The normalized spacial score (nSPS) is 11.4. The van der Waals surface area contributed by atoms with Gasteiger partial charge in [-0.1, -0.05) is 0 Å². The average Bonchev–Trinajstić information content (AvgIpc) is 2.55. The van der Waals surface area contributed by atoms with E-state index in [9.17, 15) is 4.79 Å². The number of fused-ring (bicyclic) bond motifs is 1. The Labute approximate surface area is 81.8 Å². The second-order valence-electron chi connectivity index (χ2n) is 3.72. The van der Waals surface area contributed by atoms with Crippen LogP contribution in [0.15, 0.2) is 23.3 Å². The molecule has 0 fully saturated rings. The Bertz CT molecular complexity index is 522. The Kier molecular flexibility index (Phi) is 1.91. The van der Waals surface area contributed by atoms with Crippen molar-refractivity contribution in [2.75, 3.05) is 0 Å². The van der Waals surface area contributed by atoms with Crippen molar-refractivity contribution >= 4 is 10.9 Å². The molecule has 0 atom stereocenters. The van der Waals surface area contributed by atoms with E-state index in [-0.39, 0.29) is 11.6 Å². The molecule has 2 rings (SSSR count). The molecule has 0 amide bonds. The molecule has 0 aliphatic rings. The maximum absolute atomic E-state index is 11.8. The fourth-order valence-electron chi connectivity index (χ4n) is 1.54. The van der Waals surface area contributed by atoms with Gasteiger partial charge >= 0.3 is 0 Å². The molecule has 0 bridgehead atoms. The van der Waals surface area contributed by atoms with Gasteiger partial charge in [0.25, 0.3) is 5.56 Å². The van der Waals surface area contributed by atoms with Crippen LogP contribution in [0, 0.1) is 0 Å². The average molecular weight is 191 g/mol. The van der Waals surface area contributed by atoms with Crippen molar-refractivity contribution in [1.29, 1.82) is 0 Å². The number of aryl methyl sites for hydroxylation is 1. The summed E-state index contributed by atoms with van der Waals surface area (Å²) in [5.41, 5.74) is 0.693. The molecule has 4 heteroatoms. The van der Waals surface area contributed by atoms with Gasteiger partial charge in [0.2, 0.25) is 0 Å². The molecule has 14 heavy (non-hydrogen) atoms. The number of rotatable bonds is 1. The minimum absolute atomic E-state index is 0.00806. The Morgan fingerprint density at radius 3 is 2.79 bits per heavy atom. The van der Waals surface area contributed by atoms with Crippen LogP contribution in [0.3, 0.4) is 0 Å². The van der Waals surface area contributed by atoms with E-state index in [1.165, 1.54) is 0 Å². The van der Waals surface area contributed by atoms with Crippen LogP contribution in [0.1, 0.15) is 19.9 Å². The molecule has 2 aromatic heterocycles. The van der Waals surface area contributed by atoms with Gasteiger partial charge in [0.05, 0.1) is 6.20 Å². The molecule has 0 radical (unpaired) electrons. The van der Waals surface area contributed by atoms with Gasteiger partial charge in [0, 0.05) is 24.7 Å². The van der Waals surface area contributed by atoms with Gasteiger partial charge in [0.1, 0.15) is 5.52 Å². The zero-order valence-electron chi connectivity index (χ0n) is 8.56. The highest BCUT2D eigenvalue weighted by molar-refractivity contribution is 5.77. The molecule has 4 nitrogen and oxygen atoms in total. The lowest BCUT2D eigenvalue weighted by Gasteiger charge is -2.06. The first-order valence-electron chi connectivity index (χ1n) is 4.64. The van der Waals surface area contributed by atoms with Gasteiger partial charge in [-0.05, 0) is 19.9 Å². The lowest BCUT2D eigenvalue weighted by Crippen LogP contribution is -2.19. The summed E-state index contributed by atoms with van der Waals surface area (Å²) in [5, 5.41) is 5.10. The van der Waals surface area contributed by atoms with E-state index in [4.69, 9.17) is 0 Å². The smallest absolute Gasteiger partial charge is 0.276 e. The predicted octanol–water partition coefficient (Wildman–Crippen LogP) is 1.32. The summed E-state index contributed by atoms with van der Waals surface area (Å²) in [6, 6.07) is 2.12. The van der Waals surface area contributed by atoms with Crippen LogP contribution >= 0.6 is 0 Å². The number of nitrogens with zero attached hydrogens (tertiary/aromatic N) is 3. The molecular formula is C10H13N3O. The predicted molar refractivity (Wildman–Crippen MR) is 55.4 cm³/mol. The van der Waals surface area contributed by atoms with Crippen LogP contribution in [0.25, 0.3) is 10.9 Å². The summed E-state index contributed by atoms with van der Waals surface area (Å²) in [5.74, 6) is 0. The highest BCUT2D eigenvalue weighted by Gasteiger charge is 2.09. The third kappa shape index (κ3) is 1.14. The van der Waals surface area contributed by atoms with Crippen molar-refractivity contribution in [2.45, 2.75) is 19.9 Å². The fourth-order valence-corrected chi connectivity index (χ4v) is 1.54. The van der Waals surface area contributed by atoms with Crippen LogP contribution < -0.4 is 5.56 Å². The molecule has 2 aromatic rings. The molecule has 0 saturated carbocycles. The molecular weight excluding hydrogens is 178 g/mol. The minimum atomic E-state index is 0.00806. The summed E-state index contributed by atoms with van der Waals surface area (Å²) in [6.45, 7) is 4.03. The van der Waals surface area contributed by atoms with E-state index in [2.05, 4.69) is 5.10 Å². The minimum Gasteiger partial charge on any atom is -0.317 e. The van der Waals surface area contributed by atoms with Crippen LogP contribution in [-0.4, -0.2) is 14.3 Å². The number of aromatic nitrogens is 3. The van der Waals surface area contributed by atoms with Gasteiger partial charge < -0.3 is 4.57 Å². The van der Waals surface area contributed by atoms with Gasteiger partial charge in [-0.3, -0.25) is 9.48 Å². The summed E-state index contributed by atoms with van der Waals surface area (Å²) < 4.78 is 3.33. The highest BCUT2D eigenvalue weighted by Crippen LogP contribution is 2.12. The molecule has 0 aromatic carbocycles. The van der Waals surface area contributed by atoms with Crippen molar-refractivity contribution in [3.63, 3.8) is 0 Å². The number of hydrogen-bond donors (Lipinski definition) is 0. The van der Waals surface area contributed by atoms with Crippen molar-refractivity contribution in [3.05, 3.63) is 28.8 Å². The Balaban J connectivity index is 2.89. The van der Waals surface area contributed by atoms with Gasteiger partial charge in [-0.2, -0.15) is 5.10 Å². The van der Waals surface area contributed by atoms with E-state index >= 15 is 0 Å². The van der Waals surface area contributed by atoms with Crippen molar-refractivity contribution in [1.82, 2.24) is 14.3 Å². The second-order valence-corrected chi connectivity index (χ2v) is 3.72. The first-order valence-corrected chi connectivity index (χ1v) is 4.64. The van der Waals surface area contributed by atoms with Crippen LogP contribution in [-0.2, 0) is 7.05 Å². The summed E-state index contributed by atoms with van der Waals surface area (Å²) in [6.07, 6.45) is 3.49. The van der Waals surface area contributed by atoms with Crippen LogP contribution in [0.4, 0.5) is 0 Å². The zero-order valence-corrected chi connectivity index (χ0v) is 8.56. The van der Waals surface area contributed by atoms with Crippen LogP contribution in [0.2, 0.25) is 0 Å². The molecule has 0 unspecified atom stereocenters. The molecule has 0 saturated heterocycles. The maximum atomic E-state index is 11.8. The molecule has 0 N–H and O–H groups in total. The van der Waals surface area contributed by atoms with Gasteiger partial charge in [-0.25, -0.2) is 0 Å². The first kappa shape index (κ1) is 8.99. The topological polar surface area (TPSA) is 39.8 Å². The summed E-state index contributed by atoms with van der Waals surface area (Å²) in [4.78, 5) is 11.8. The zero-order chi connectivity index (χ0) is 10.3. The Hall–Kier alpha value is -1.58. The quantitative estimate of drug-likeness (QED) is 0.682. The van der Waals surface area contributed by atoms with E-state index in [0.717, 1.165) is 5.39 Å². The monoisotopic (exact) mass is 191 g/mol. The Morgan fingerprint density at radius 1 is 1.43 bits per heavy atom. The molecule has 2 heterocycles. The van der Waals surface area contributed by atoms with Gasteiger partial charge in [-0.15, -0.1) is 0 Å². The maximum Gasteiger partial charge on any atom is 0.276 e. The van der Waals surface area contributed by atoms with Crippen LogP contribution in [0.5, 0.6) is 0 Å². The SMILES string of the molecule is CC(C)n1ncc2ccn(C)c(=O)c21. The van der Waals surface area contributed by atoms with Crippen molar-refractivity contribution < 1.29 is 0 Å². The van der Waals surface area contributed by atoms with E-state index in [0.29, 0.717) is 5.52 Å². The number of hydrogen-bond acceptors (Lipinski definition) is 2. The first-order chi connectivity index (χ1) is 6.61. The van der Waals surface area contributed by atoms with E-state index in [1.54, 1.807) is 28.7 Å². The molecule has 0 aliphatic heterocycles. The molecule has 74 valence electrons. The fraction of sp³-hybridized carbons (Fsp3) is 0.400. The standard InChI is InChI=1S/C10H13N3O/c1-7(2)13-9-8(6-11-13)4-5-12(3)10(9)14/h4-7H,1-3H3. The number of pyridine rings is 1. The lowest BCUT2D eigenvalue weighted by molar-refractivity contribution is 0.548. The summed E-state index contributed by atoms with van der Waals surface area (Å²) in [7, 11) is 1.75. The lowest BCUT2D eigenvalue weighted by atomic mass is 10.3. The largest absolute Gasteiger partial charge is 0.317 e. The third-order valence-electron chi connectivity index (χ3n) is 2.31. The van der Waals surface area contributed by atoms with E-state index in [1.807, 2.05) is 19.9 Å². The summed E-state index contributed by atoms with van der Waals surface area (Å²) >= 11 is 0. The van der Waals surface area contributed by atoms with E-state index < -0.39 is 0 Å². The van der Waals surface area contributed by atoms with Crippen molar-refractivity contribution in [3.8, 4) is 0 Å². The van der Waals surface area contributed by atoms with Crippen molar-refractivity contribution in [2.24, 2.45) is 7.05 Å². The highest BCUT2D eigenvalue weighted by atomic mass is 16.1.